The second kappa shape index (κ2) is 10.9. The first kappa shape index (κ1) is 24.8. The van der Waals surface area contributed by atoms with Crippen LogP contribution in [0.15, 0.2) is 65.2 Å². The quantitative estimate of drug-likeness (QED) is 0.325. The van der Waals surface area contributed by atoms with Crippen LogP contribution in [0.2, 0.25) is 5.02 Å². The predicted molar refractivity (Wildman–Crippen MR) is 130 cm³/mol. The molecule has 0 aliphatic rings. The van der Waals surface area contributed by atoms with E-state index >= 15 is 0 Å². The minimum atomic E-state index is -3.60. The van der Waals surface area contributed by atoms with Crippen LogP contribution in [-0.4, -0.2) is 42.0 Å². The van der Waals surface area contributed by atoms with E-state index < -0.39 is 9.84 Å². The molecule has 1 N–H and O–H groups in total. The largest absolute Gasteiger partial charge is 0.495 e. The summed E-state index contributed by atoms with van der Waals surface area (Å²) >= 11 is 7.26. The molecule has 0 unspecified atom stereocenters. The highest BCUT2D eigenvalue weighted by atomic mass is 35.5. The van der Waals surface area contributed by atoms with Crippen LogP contribution in [0.3, 0.4) is 0 Å². The van der Waals surface area contributed by atoms with Crippen LogP contribution in [0.5, 0.6) is 5.75 Å². The number of hydrogen-bond acceptors (Lipinski definition) is 7. The van der Waals surface area contributed by atoms with E-state index in [1.165, 1.54) is 19.2 Å². The van der Waals surface area contributed by atoms with E-state index in [1.54, 1.807) is 41.0 Å². The Morgan fingerprint density at radius 3 is 2.67 bits per heavy atom. The zero-order valence-corrected chi connectivity index (χ0v) is 20.5. The van der Waals surface area contributed by atoms with Gasteiger partial charge in [-0.1, -0.05) is 47.6 Å². The van der Waals surface area contributed by atoms with Gasteiger partial charge in [-0.3, -0.25) is 4.79 Å². The molecule has 0 aliphatic carbocycles. The highest BCUT2D eigenvalue weighted by molar-refractivity contribution is 7.99. The summed E-state index contributed by atoms with van der Waals surface area (Å²) in [6.45, 7) is 5.85. The molecule has 3 aromatic rings. The van der Waals surface area contributed by atoms with Gasteiger partial charge in [0.05, 0.1) is 23.4 Å². The fourth-order valence-corrected chi connectivity index (χ4v) is 5.18. The van der Waals surface area contributed by atoms with Crippen LogP contribution >= 0.6 is 23.4 Å². The van der Waals surface area contributed by atoms with Crippen LogP contribution in [0, 0.1) is 6.92 Å². The third kappa shape index (κ3) is 6.16. The molecule has 1 heterocycles. The lowest BCUT2D eigenvalue weighted by molar-refractivity contribution is -0.113. The van der Waals surface area contributed by atoms with Crippen molar-refractivity contribution in [2.24, 2.45) is 0 Å². The second-order valence-corrected chi connectivity index (χ2v) is 10.3. The van der Waals surface area contributed by atoms with Gasteiger partial charge in [-0.25, -0.2) is 8.42 Å². The fourth-order valence-electron chi connectivity index (χ4n) is 2.97. The van der Waals surface area contributed by atoms with Gasteiger partial charge in [0.2, 0.25) is 5.91 Å². The minimum Gasteiger partial charge on any atom is -0.495 e. The van der Waals surface area contributed by atoms with E-state index in [4.69, 9.17) is 16.3 Å². The van der Waals surface area contributed by atoms with Crippen molar-refractivity contribution in [3.05, 3.63) is 71.5 Å². The Balaban J connectivity index is 1.73. The molecule has 0 atom stereocenters. The number of carbonyl (C=O) groups is 1. The maximum atomic E-state index is 12.7. The molecule has 8 nitrogen and oxygen atoms in total. The van der Waals surface area contributed by atoms with E-state index in [0.29, 0.717) is 28.2 Å². The average molecular weight is 507 g/mol. The lowest BCUT2D eigenvalue weighted by atomic mass is 10.2. The Bertz CT molecular complexity index is 1260. The lowest BCUT2D eigenvalue weighted by Gasteiger charge is -2.12. The maximum Gasteiger partial charge on any atom is 0.234 e. The molecule has 11 heteroatoms. The number of hydrogen-bond donors (Lipinski definition) is 1. The standard InChI is InChI=1S/C22H23ClN4O4S2/c1-4-10-27-20(14-33(29,30)16-8-6-5-7-9-16)25-26-22(27)32-13-21(28)24-18-11-15(2)17(23)12-19(18)31-3/h4-9,11-12H,1,10,13-14H2,2-3H3,(H,24,28). The molecule has 1 amide bonds. The summed E-state index contributed by atoms with van der Waals surface area (Å²) in [7, 11) is -2.10. The van der Waals surface area contributed by atoms with Gasteiger partial charge >= 0.3 is 0 Å². The van der Waals surface area contributed by atoms with Gasteiger partial charge in [0.15, 0.2) is 15.0 Å². The number of aryl methyl sites for hydroxylation is 1. The summed E-state index contributed by atoms with van der Waals surface area (Å²) in [5, 5.41) is 11.9. The monoisotopic (exact) mass is 506 g/mol. The summed E-state index contributed by atoms with van der Waals surface area (Å²) < 4.78 is 32.4. The fraction of sp³-hybridized carbons (Fsp3) is 0.227. The third-order valence-corrected chi connectivity index (χ3v) is 7.62. The Morgan fingerprint density at radius 1 is 1.27 bits per heavy atom. The zero-order chi connectivity index (χ0) is 24.0. The van der Waals surface area contributed by atoms with Gasteiger partial charge in [0.1, 0.15) is 17.3 Å². The van der Waals surface area contributed by atoms with Crippen molar-refractivity contribution in [2.75, 3.05) is 18.2 Å². The molecule has 0 aliphatic heterocycles. The smallest absolute Gasteiger partial charge is 0.234 e. The van der Waals surface area contributed by atoms with Crippen LogP contribution in [0.4, 0.5) is 5.69 Å². The predicted octanol–water partition coefficient (Wildman–Crippen LogP) is 4.14. The number of amides is 1. The molecule has 0 saturated carbocycles. The summed E-state index contributed by atoms with van der Waals surface area (Å²) in [5.41, 5.74) is 1.31. The van der Waals surface area contributed by atoms with Gasteiger partial charge in [-0.05, 0) is 30.7 Å². The maximum absolute atomic E-state index is 12.7. The number of methoxy groups -OCH3 is 1. The van der Waals surface area contributed by atoms with Crippen molar-refractivity contribution in [1.82, 2.24) is 14.8 Å². The lowest BCUT2D eigenvalue weighted by Crippen LogP contribution is -2.16. The Hall–Kier alpha value is -2.82. The van der Waals surface area contributed by atoms with Crippen molar-refractivity contribution < 1.29 is 17.9 Å². The number of anilines is 1. The summed E-state index contributed by atoms with van der Waals surface area (Å²) in [6.07, 6.45) is 1.62. The van der Waals surface area contributed by atoms with Gasteiger partial charge in [0.25, 0.3) is 0 Å². The molecular weight excluding hydrogens is 484 g/mol. The first-order valence-corrected chi connectivity index (χ1v) is 12.8. The van der Waals surface area contributed by atoms with Gasteiger partial charge in [0, 0.05) is 17.6 Å². The van der Waals surface area contributed by atoms with E-state index in [9.17, 15) is 13.2 Å². The van der Waals surface area contributed by atoms with Gasteiger partial charge in [-0.2, -0.15) is 0 Å². The van der Waals surface area contributed by atoms with Crippen LogP contribution in [0.1, 0.15) is 11.4 Å². The number of rotatable bonds is 10. The number of halogens is 1. The molecule has 33 heavy (non-hydrogen) atoms. The van der Waals surface area contributed by atoms with Crippen molar-refractivity contribution in [1.29, 1.82) is 0 Å². The first-order chi connectivity index (χ1) is 15.7. The molecule has 0 fully saturated rings. The van der Waals surface area contributed by atoms with Crippen LogP contribution in [-0.2, 0) is 26.9 Å². The summed E-state index contributed by atoms with van der Waals surface area (Å²) in [5.74, 6) is 0.160. The number of ether oxygens (including phenoxy) is 1. The summed E-state index contributed by atoms with van der Waals surface area (Å²) in [6, 6.07) is 11.5. The van der Waals surface area contributed by atoms with E-state index in [2.05, 4.69) is 22.1 Å². The number of sulfone groups is 1. The van der Waals surface area contributed by atoms with Gasteiger partial charge < -0.3 is 14.6 Å². The number of benzene rings is 2. The number of nitrogens with one attached hydrogen (secondary N) is 1. The highest BCUT2D eigenvalue weighted by Crippen LogP contribution is 2.31. The van der Waals surface area contributed by atoms with Crippen molar-refractivity contribution in [3.63, 3.8) is 0 Å². The van der Waals surface area contributed by atoms with Crippen molar-refractivity contribution >= 4 is 44.8 Å². The van der Waals surface area contributed by atoms with Crippen molar-refractivity contribution in [3.8, 4) is 5.75 Å². The molecule has 0 bridgehead atoms. The molecule has 0 saturated heterocycles. The van der Waals surface area contributed by atoms with E-state index in [1.807, 2.05) is 6.92 Å². The summed E-state index contributed by atoms with van der Waals surface area (Å²) in [4.78, 5) is 12.8. The molecule has 2 aromatic carbocycles. The Kier molecular flexibility index (Phi) is 8.17. The molecule has 1 aromatic heterocycles. The number of allylic oxidation sites excluding steroid dienone is 1. The zero-order valence-electron chi connectivity index (χ0n) is 18.1. The number of thioether (sulfide) groups is 1. The van der Waals surface area contributed by atoms with Crippen LogP contribution in [0.25, 0.3) is 0 Å². The molecule has 3 rings (SSSR count). The van der Waals surface area contributed by atoms with E-state index in [0.717, 1.165) is 17.3 Å². The molecular formula is C22H23ClN4O4S2. The normalized spacial score (nSPS) is 11.2. The van der Waals surface area contributed by atoms with Crippen molar-refractivity contribution in [2.45, 2.75) is 29.3 Å². The molecule has 0 spiro atoms. The second-order valence-electron chi connectivity index (χ2n) is 7.01. The average Bonchev–Trinajstić information content (AvgIpc) is 3.16. The third-order valence-electron chi connectivity index (χ3n) is 4.61. The first-order valence-electron chi connectivity index (χ1n) is 9.82. The molecule has 0 radical (unpaired) electrons. The topological polar surface area (TPSA) is 103 Å². The SMILES string of the molecule is C=CCn1c(CS(=O)(=O)c2ccccc2)nnc1SCC(=O)Nc1cc(C)c(Cl)cc1OC. The molecule has 174 valence electrons. The van der Waals surface area contributed by atoms with Crippen LogP contribution < -0.4 is 10.1 Å². The minimum absolute atomic E-state index is 0.0333. The Labute approximate surface area is 201 Å². The van der Waals surface area contributed by atoms with E-state index in [-0.39, 0.29) is 28.1 Å². The highest BCUT2D eigenvalue weighted by Gasteiger charge is 2.22. The number of nitrogens with zero attached hydrogens (tertiary/aromatic N) is 3. The number of carbonyl (C=O) groups excluding carboxylic acids is 1. The Morgan fingerprint density at radius 2 is 2.00 bits per heavy atom. The van der Waals surface area contributed by atoms with Gasteiger partial charge in [-0.15, -0.1) is 16.8 Å². The number of aromatic nitrogens is 3.